The molecule has 0 radical (unpaired) electrons. The van der Waals surface area contributed by atoms with Crippen LogP contribution in [0.4, 0.5) is 21.9 Å². The number of anilines is 3. The summed E-state index contributed by atoms with van der Waals surface area (Å²) in [5.74, 6) is 0.00910. The lowest BCUT2D eigenvalue weighted by molar-refractivity contribution is -0.114. The highest BCUT2D eigenvalue weighted by Crippen LogP contribution is 2.37. The molecule has 3 aromatic carbocycles. The summed E-state index contributed by atoms with van der Waals surface area (Å²) in [5.41, 5.74) is 0.807. The average molecular weight is 452 g/mol. The molecule has 3 amide bonds. The van der Waals surface area contributed by atoms with Crippen LogP contribution >= 0.6 is 0 Å². The molecule has 9 heteroatoms. The number of fused-ring (bicyclic) bond motifs is 1. The molecule has 0 unspecified atom stereocenters. The Morgan fingerprint density at radius 1 is 0.938 bits per heavy atom. The summed E-state index contributed by atoms with van der Waals surface area (Å²) in [5, 5.41) is 2.74. The number of para-hydroxylation sites is 4. The summed E-state index contributed by atoms with van der Waals surface area (Å²) >= 11 is 0. The number of rotatable bonds is 6. The van der Waals surface area contributed by atoms with Gasteiger partial charge in [0.15, 0.2) is 0 Å². The number of carbonyl (C=O) groups excluding carboxylic acids is 2. The van der Waals surface area contributed by atoms with Crippen LogP contribution in [0.25, 0.3) is 0 Å². The van der Waals surface area contributed by atoms with Gasteiger partial charge in [-0.05, 0) is 43.3 Å². The minimum absolute atomic E-state index is 0.0500. The van der Waals surface area contributed by atoms with Crippen LogP contribution in [0.2, 0.25) is 0 Å². The van der Waals surface area contributed by atoms with Gasteiger partial charge in [-0.25, -0.2) is 13.2 Å². The Morgan fingerprint density at radius 2 is 1.59 bits per heavy atom. The van der Waals surface area contributed by atoms with E-state index < -0.39 is 22.0 Å². The molecular weight excluding hydrogens is 430 g/mol. The lowest BCUT2D eigenvalue weighted by atomic mass is 10.2. The average Bonchev–Trinajstić information content (AvgIpc) is 2.79. The van der Waals surface area contributed by atoms with Crippen molar-refractivity contribution in [2.24, 2.45) is 0 Å². The summed E-state index contributed by atoms with van der Waals surface area (Å²) in [6.45, 7) is 1.88. The van der Waals surface area contributed by atoms with Crippen LogP contribution in [0, 0.1) is 0 Å². The molecule has 1 aliphatic heterocycles. The minimum Gasteiger partial charge on any atom is -0.492 e. The van der Waals surface area contributed by atoms with Crippen molar-refractivity contribution in [3.63, 3.8) is 0 Å². The Bertz CT molecular complexity index is 1260. The van der Waals surface area contributed by atoms with Crippen molar-refractivity contribution in [1.29, 1.82) is 0 Å². The van der Waals surface area contributed by atoms with Gasteiger partial charge in [-0.3, -0.25) is 9.69 Å². The maximum absolute atomic E-state index is 13.3. The maximum Gasteiger partial charge on any atom is 0.343 e. The number of nitrogens with zero attached hydrogens (tertiary/aromatic N) is 2. The first-order chi connectivity index (χ1) is 15.4. The van der Waals surface area contributed by atoms with Crippen LogP contribution in [0.1, 0.15) is 6.92 Å². The third-order valence-corrected chi connectivity index (χ3v) is 6.58. The first kappa shape index (κ1) is 21.4. The second-order valence-electron chi connectivity index (χ2n) is 6.92. The number of amides is 3. The Balaban J connectivity index is 1.69. The second-order valence-corrected chi connectivity index (χ2v) is 8.67. The van der Waals surface area contributed by atoms with Crippen LogP contribution < -0.4 is 19.3 Å². The normalized spacial score (nSPS) is 14.6. The molecule has 0 atom stereocenters. The van der Waals surface area contributed by atoms with E-state index in [1.54, 1.807) is 54.6 Å². The number of hydrogen-bond acceptors (Lipinski definition) is 5. The van der Waals surface area contributed by atoms with Gasteiger partial charge >= 0.3 is 6.03 Å². The molecular formula is C23H21N3O5S. The summed E-state index contributed by atoms with van der Waals surface area (Å²) in [6.07, 6.45) is 0. The summed E-state index contributed by atoms with van der Waals surface area (Å²) in [7, 11) is -4.14. The van der Waals surface area contributed by atoms with E-state index in [0.29, 0.717) is 18.0 Å². The van der Waals surface area contributed by atoms with Crippen molar-refractivity contribution in [1.82, 2.24) is 0 Å². The molecule has 4 rings (SSSR count). The zero-order valence-corrected chi connectivity index (χ0v) is 18.1. The van der Waals surface area contributed by atoms with E-state index in [1.807, 2.05) is 6.92 Å². The predicted molar refractivity (Wildman–Crippen MR) is 122 cm³/mol. The topological polar surface area (TPSA) is 96.0 Å². The third kappa shape index (κ3) is 3.90. The molecule has 164 valence electrons. The van der Waals surface area contributed by atoms with Gasteiger partial charge in [0, 0.05) is 0 Å². The predicted octanol–water partition coefficient (Wildman–Crippen LogP) is 3.86. The van der Waals surface area contributed by atoms with E-state index in [-0.39, 0.29) is 22.8 Å². The van der Waals surface area contributed by atoms with Gasteiger partial charge in [0.2, 0.25) is 5.91 Å². The highest BCUT2D eigenvalue weighted by atomic mass is 32.2. The molecule has 1 aliphatic rings. The number of carbonyl (C=O) groups is 2. The first-order valence-electron chi connectivity index (χ1n) is 9.96. The van der Waals surface area contributed by atoms with E-state index >= 15 is 0 Å². The molecule has 0 aromatic heterocycles. The molecule has 0 fully saturated rings. The van der Waals surface area contributed by atoms with Crippen LogP contribution in [-0.4, -0.2) is 33.5 Å². The van der Waals surface area contributed by atoms with Gasteiger partial charge in [0.1, 0.15) is 17.2 Å². The maximum atomic E-state index is 13.3. The number of hydrogen-bond donors (Lipinski definition) is 1. The van der Waals surface area contributed by atoms with Crippen LogP contribution in [0.15, 0.2) is 83.8 Å². The summed E-state index contributed by atoms with van der Waals surface area (Å²) in [6, 6.07) is 20.3. The standard InChI is InChI=1S/C23H21N3O5S/c1-2-31-20-14-8-6-12-18(20)24-22(27)16-25-19-13-7-9-15-21(19)32(29,30)26(23(25)28)17-10-4-3-5-11-17/h3-15H,2,16H2,1H3,(H,24,27). The molecule has 8 nitrogen and oxygen atoms in total. The zero-order chi connectivity index (χ0) is 22.7. The van der Waals surface area contributed by atoms with Crippen LogP contribution in [-0.2, 0) is 14.8 Å². The smallest absolute Gasteiger partial charge is 0.343 e. The Kier molecular flexibility index (Phi) is 5.83. The lowest BCUT2D eigenvalue weighted by Gasteiger charge is -2.35. The Morgan fingerprint density at radius 3 is 2.34 bits per heavy atom. The van der Waals surface area contributed by atoms with E-state index in [4.69, 9.17) is 4.74 Å². The van der Waals surface area contributed by atoms with Gasteiger partial charge in [0.25, 0.3) is 10.0 Å². The largest absolute Gasteiger partial charge is 0.492 e. The molecule has 0 saturated heterocycles. The Labute approximate surface area is 186 Å². The number of sulfonamides is 1. The molecule has 0 bridgehead atoms. The highest BCUT2D eigenvalue weighted by molar-refractivity contribution is 7.94. The van der Waals surface area contributed by atoms with E-state index in [9.17, 15) is 18.0 Å². The van der Waals surface area contributed by atoms with E-state index in [1.165, 1.54) is 24.3 Å². The van der Waals surface area contributed by atoms with Crippen molar-refractivity contribution >= 4 is 39.0 Å². The van der Waals surface area contributed by atoms with Crippen molar-refractivity contribution in [3.05, 3.63) is 78.9 Å². The molecule has 0 spiro atoms. The monoisotopic (exact) mass is 451 g/mol. The molecule has 0 aliphatic carbocycles. The molecule has 0 saturated carbocycles. The van der Waals surface area contributed by atoms with Gasteiger partial charge < -0.3 is 10.1 Å². The third-order valence-electron chi connectivity index (χ3n) is 4.83. The fraction of sp³-hybridized carbons (Fsp3) is 0.130. The van der Waals surface area contributed by atoms with E-state index in [0.717, 1.165) is 9.21 Å². The quantitative estimate of drug-likeness (QED) is 0.614. The highest BCUT2D eigenvalue weighted by Gasteiger charge is 2.42. The van der Waals surface area contributed by atoms with Gasteiger partial charge in [-0.15, -0.1) is 0 Å². The van der Waals surface area contributed by atoms with E-state index in [2.05, 4.69) is 5.32 Å². The van der Waals surface area contributed by atoms with Gasteiger partial charge in [-0.2, -0.15) is 4.31 Å². The molecule has 1 N–H and O–H groups in total. The number of urea groups is 1. The number of benzene rings is 3. The minimum atomic E-state index is -4.14. The van der Waals surface area contributed by atoms with Crippen molar-refractivity contribution < 1.29 is 22.7 Å². The van der Waals surface area contributed by atoms with Crippen molar-refractivity contribution in [2.75, 3.05) is 27.7 Å². The Hall–Kier alpha value is -3.85. The van der Waals surface area contributed by atoms with Gasteiger partial charge in [-0.1, -0.05) is 42.5 Å². The fourth-order valence-corrected chi connectivity index (χ4v) is 5.06. The molecule has 32 heavy (non-hydrogen) atoms. The zero-order valence-electron chi connectivity index (χ0n) is 17.3. The van der Waals surface area contributed by atoms with Crippen LogP contribution in [0.5, 0.6) is 5.75 Å². The fourth-order valence-electron chi connectivity index (χ4n) is 3.46. The molecule has 3 aromatic rings. The lowest BCUT2D eigenvalue weighted by Crippen LogP contribution is -2.53. The van der Waals surface area contributed by atoms with Gasteiger partial charge in [0.05, 0.1) is 23.7 Å². The SMILES string of the molecule is CCOc1ccccc1NC(=O)CN1C(=O)N(c2ccccc2)S(=O)(=O)c2ccccc21. The summed E-state index contributed by atoms with van der Waals surface area (Å²) in [4.78, 5) is 27.3. The number of ether oxygens (including phenoxy) is 1. The van der Waals surface area contributed by atoms with Crippen LogP contribution in [0.3, 0.4) is 0 Å². The number of nitrogens with one attached hydrogen (secondary N) is 1. The first-order valence-corrected chi connectivity index (χ1v) is 11.4. The van der Waals surface area contributed by atoms with Crippen molar-refractivity contribution in [3.8, 4) is 5.75 Å². The second kappa shape index (κ2) is 8.72. The summed E-state index contributed by atoms with van der Waals surface area (Å²) < 4.78 is 32.7. The van der Waals surface area contributed by atoms with Crippen molar-refractivity contribution in [2.45, 2.75) is 11.8 Å². The molecule has 1 heterocycles.